The minimum atomic E-state index is -1.27. The topological polar surface area (TPSA) is 149 Å². The van der Waals surface area contributed by atoms with E-state index in [2.05, 4.69) is 11.7 Å². The second kappa shape index (κ2) is 7.46. The third kappa shape index (κ3) is 5.16. The Morgan fingerprint density at radius 2 is 1.33 bits per heavy atom. The number of hydrogen-bond donors (Lipinski definition) is 3. The minimum absolute atomic E-state index is 0.100. The zero-order valence-corrected chi connectivity index (χ0v) is 6.49. The summed E-state index contributed by atoms with van der Waals surface area (Å²) in [6, 6.07) is 5.20. The second-order valence-corrected chi connectivity index (χ2v) is 1.94. The van der Waals surface area contributed by atoms with E-state index in [-0.39, 0.29) is 12.8 Å². The van der Waals surface area contributed by atoms with Crippen LogP contribution in [0.2, 0.25) is 0 Å². The molecule has 0 amide bonds. The molecule has 0 aromatic rings. The molecule has 0 radical (unpaired) electrons. The average Bonchev–Trinajstić information content (AvgIpc) is 2.09. The first-order valence-electron chi connectivity index (χ1n) is 2.96. The average molecular weight is 166 g/mol. The van der Waals surface area contributed by atoms with Gasteiger partial charge in [-0.15, -0.1) is 0 Å². The molecule has 12 heavy (non-hydrogen) atoms. The molecule has 0 heterocycles. The standard InChI is InChI=1S/C6H6N4.H4N2/c7-3-1-6(10,5-9)2-4-8;1-2/h1-2,10H2;1-2H2. The van der Waals surface area contributed by atoms with Crippen molar-refractivity contribution < 1.29 is 0 Å². The molecule has 0 aliphatic carbocycles. The summed E-state index contributed by atoms with van der Waals surface area (Å²) in [5, 5.41) is 24.7. The van der Waals surface area contributed by atoms with E-state index < -0.39 is 5.54 Å². The van der Waals surface area contributed by atoms with Crippen molar-refractivity contribution >= 4 is 0 Å². The lowest BCUT2D eigenvalue weighted by Crippen LogP contribution is -2.36. The highest BCUT2D eigenvalue weighted by molar-refractivity contribution is 5.12. The van der Waals surface area contributed by atoms with Gasteiger partial charge in [-0.3, -0.25) is 11.7 Å². The van der Waals surface area contributed by atoms with Crippen molar-refractivity contribution in [1.29, 1.82) is 15.8 Å². The van der Waals surface area contributed by atoms with E-state index >= 15 is 0 Å². The van der Waals surface area contributed by atoms with Gasteiger partial charge in [0.2, 0.25) is 0 Å². The van der Waals surface area contributed by atoms with E-state index in [0.29, 0.717) is 0 Å². The maximum absolute atomic E-state index is 8.37. The molecule has 0 bridgehead atoms. The molecule has 0 aromatic carbocycles. The molecule has 0 spiro atoms. The molecule has 0 aliphatic rings. The largest absolute Gasteiger partial charge is 0.312 e. The molecule has 0 rings (SSSR count). The van der Waals surface area contributed by atoms with E-state index in [4.69, 9.17) is 21.5 Å². The molecule has 0 saturated heterocycles. The van der Waals surface area contributed by atoms with Crippen molar-refractivity contribution in [2.75, 3.05) is 0 Å². The van der Waals surface area contributed by atoms with Crippen LogP contribution >= 0.6 is 0 Å². The number of hydrogen-bond acceptors (Lipinski definition) is 6. The van der Waals surface area contributed by atoms with Crippen LogP contribution in [0.5, 0.6) is 0 Å². The Balaban J connectivity index is 0. The van der Waals surface area contributed by atoms with E-state index in [1.54, 1.807) is 18.2 Å². The fourth-order valence-electron chi connectivity index (χ4n) is 0.424. The van der Waals surface area contributed by atoms with Crippen molar-refractivity contribution in [3.05, 3.63) is 0 Å². The zero-order valence-electron chi connectivity index (χ0n) is 6.49. The summed E-state index contributed by atoms with van der Waals surface area (Å²) in [6.45, 7) is 0. The predicted molar refractivity (Wildman–Crippen MR) is 41.4 cm³/mol. The van der Waals surface area contributed by atoms with Crippen LogP contribution in [0.3, 0.4) is 0 Å². The maximum Gasteiger partial charge on any atom is 0.130 e. The summed E-state index contributed by atoms with van der Waals surface area (Å²) >= 11 is 0. The van der Waals surface area contributed by atoms with Crippen LogP contribution in [-0.4, -0.2) is 5.54 Å². The van der Waals surface area contributed by atoms with Crippen LogP contribution in [0.1, 0.15) is 12.8 Å². The summed E-state index contributed by atoms with van der Waals surface area (Å²) in [5.41, 5.74) is 4.04. The van der Waals surface area contributed by atoms with Gasteiger partial charge in [-0.25, -0.2) is 0 Å². The fraction of sp³-hybridized carbons (Fsp3) is 0.500. The molecule has 0 aromatic heterocycles. The lowest BCUT2D eigenvalue weighted by molar-refractivity contribution is 0.568. The SMILES string of the molecule is N#CCC(N)(C#N)CC#N.NN. The van der Waals surface area contributed by atoms with E-state index in [1.165, 1.54) is 0 Å². The van der Waals surface area contributed by atoms with Gasteiger partial charge in [0, 0.05) is 0 Å². The van der Waals surface area contributed by atoms with Crippen LogP contribution in [0.25, 0.3) is 0 Å². The Hall–Kier alpha value is -1.65. The highest BCUT2D eigenvalue weighted by Gasteiger charge is 2.23. The van der Waals surface area contributed by atoms with E-state index in [1.807, 2.05) is 0 Å². The molecule has 6 nitrogen and oxygen atoms in total. The smallest absolute Gasteiger partial charge is 0.130 e. The first kappa shape index (κ1) is 13.0. The Morgan fingerprint density at radius 1 is 1.00 bits per heavy atom. The van der Waals surface area contributed by atoms with Crippen LogP contribution < -0.4 is 17.4 Å². The molecular weight excluding hydrogens is 156 g/mol. The molecule has 0 saturated carbocycles. The van der Waals surface area contributed by atoms with Gasteiger partial charge in [-0.1, -0.05) is 0 Å². The molecule has 0 aliphatic heterocycles. The van der Waals surface area contributed by atoms with Gasteiger partial charge < -0.3 is 5.73 Å². The van der Waals surface area contributed by atoms with Crippen LogP contribution in [-0.2, 0) is 0 Å². The molecule has 0 atom stereocenters. The van der Waals surface area contributed by atoms with Crippen LogP contribution in [0.4, 0.5) is 0 Å². The number of rotatable bonds is 2. The van der Waals surface area contributed by atoms with Gasteiger partial charge >= 0.3 is 0 Å². The summed E-state index contributed by atoms with van der Waals surface area (Å²) in [7, 11) is 0. The second-order valence-electron chi connectivity index (χ2n) is 1.94. The van der Waals surface area contributed by atoms with Crippen LogP contribution in [0, 0.1) is 34.0 Å². The first-order valence-corrected chi connectivity index (χ1v) is 2.96. The summed E-state index contributed by atoms with van der Waals surface area (Å²) in [5.74, 6) is 8.00. The molecule has 6 N–H and O–H groups in total. The van der Waals surface area contributed by atoms with Crippen molar-refractivity contribution in [3.8, 4) is 18.2 Å². The summed E-state index contributed by atoms with van der Waals surface area (Å²) in [6.07, 6.45) is -0.200. The van der Waals surface area contributed by atoms with Gasteiger partial charge in [0.1, 0.15) is 5.54 Å². The first-order chi connectivity index (χ1) is 5.68. The third-order valence-corrected chi connectivity index (χ3v) is 1.01. The highest BCUT2D eigenvalue weighted by atomic mass is 15.0. The predicted octanol–water partition coefficient (Wildman–Crippen LogP) is -1.15. The van der Waals surface area contributed by atoms with Crippen molar-refractivity contribution in [1.82, 2.24) is 0 Å². The van der Waals surface area contributed by atoms with Gasteiger partial charge in [0.05, 0.1) is 31.0 Å². The Bertz CT molecular complexity index is 210. The van der Waals surface area contributed by atoms with Gasteiger partial charge in [-0.2, -0.15) is 15.8 Å². The third-order valence-electron chi connectivity index (χ3n) is 1.01. The molecule has 0 fully saturated rings. The van der Waals surface area contributed by atoms with E-state index in [0.717, 1.165) is 0 Å². The van der Waals surface area contributed by atoms with Crippen molar-refractivity contribution in [2.45, 2.75) is 18.4 Å². The Labute approximate surface area is 70.7 Å². The van der Waals surface area contributed by atoms with E-state index in [9.17, 15) is 0 Å². The van der Waals surface area contributed by atoms with Gasteiger partial charge in [0.25, 0.3) is 0 Å². The molecule has 6 heteroatoms. The number of nitrogens with zero attached hydrogens (tertiary/aromatic N) is 3. The number of nitrogens with two attached hydrogens (primary N) is 3. The summed E-state index contributed by atoms with van der Waals surface area (Å²) in [4.78, 5) is 0. The van der Waals surface area contributed by atoms with Gasteiger partial charge in [-0.05, 0) is 0 Å². The fourth-order valence-corrected chi connectivity index (χ4v) is 0.424. The number of nitriles is 3. The van der Waals surface area contributed by atoms with Gasteiger partial charge in [0.15, 0.2) is 0 Å². The lowest BCUT2D eigenvalue weighted by Gasteiger charge is -2.11. The lowest BCUT2D eigenvalue weighted by atomic mass is 9.96. The quantitative estimate of drug-likeness (QED) is 0.348. The Morgan fingerprint density at radius 3 is 1.50 bits per heavy atom. The maximum atomic E-state index is 8.37. The van der Waals surface area contributed by atoms with Crippen molar-refractivity contribution in [2.24, 2.45) is 17.4 Å². The van der Waals surface area contributed by atoms with Crippen LogP contribution in [0.15, 0.2) is 0 Å². The highest BCUT2D eigenvalue weighted by Crippen LogP contribution is 2.07. The normalized spacial score (nSPS) is 8.00. The molecule has 64 valence electrons. The molecular formula is C6H10N6. The zero-order chi connectivity index (χ0) is 10.0. The van der Waals surface area contributed by atoms with Crippen molar-refractivity contribution in [3.63, 3.8) is 0 Å². The summed E-state index contributed by atoms with van der Waals surface area (Å²) < 4.78 is 0. The minimum Gasteiger partial charge on any atom is -0.312 e. The monoisotopic (exact) mass is 166 g/mol. The Kier molecular flexibility index (Phi) is 8.06. The molecule has 0 unspecified atom stereocenters. The number of hydrazine groups is 1.